The van der Waals surface area contributed by atoms with Gasteiger partial charge in [-0.25, -0.2) is 14.1 Å². The molecule has 6 rings (SSSR count). The predicted molar refractivity (Wildman–Crippen MR) is 143 cm³/mol. The summed E-state index contributed by atoms with van der Waals surface area (Å²) in [5, 5.41) is 40.5. The smallest absolute Gasteiger partial charge is 0.459 e. The number of nitrogen functional groups attached to an aromatic ring is 1. The van der Waals surface area contributed by atoms with Crippen LogP contribution >= 0.6 is 7.75 Å². The summed E-state index contributed by atoms with van der Waals surface area (Å²) in [6.07, 6.45) is 0.162. The van der Waals surface area contributed by atoms with Crippen molar-refractivity contribution >= 4 is 25.1 Å². The molecule has 222 valence electrons. The third kappa shape index (κ3) is 4.35. The maximum Gasteiger partial charge on any atom is 0.459 e. The van der Waals surface area contributed by atoms with Crippen LogP contribution in [0.3, 0.4) is 0 Å². The highest BCUT2D eigenvalue weighted by atomic mass is 31.2. The molecule has 4 heterocycles. The van der Waals surface area contributed by atoms with E-state index in [9.17, 15) is 24.8 Å². The van der Waals surface area contributed by atoms with Gasteiger partial charge in [-0.1, -0.05) is 18.2 Å². The zero-order valence-electron chi connectivity index (χ0n) is 22.5. The van der Waals surface area contributed by atoms with Crippen LogP contribution in [-0.4, -0.2) is 80.1 Å². The van der Waals surface area contributed by atoms with Crippen LogP contribution in [0.2, 0.25) is 0 Å². The molecular weight excluding hydrogens is 571 g/mol. The molecule has 42 heavy (non-hydrogen) atoms. The Morgan fingerprint density at radius 3 is 2.71 bits per heavy atom. The van der Waals surface area contributed by atoms with Gasteiger partial charge in [-0.2, -0.15) is 15.4 Å². The first-order valence-electron chi connectivity index (χ1n) is 13.2. The number of anilines is 1. The summed E-state index contributed by atoms with van der Waals surface area (Å²) < 4.78 is 43.5. The zero-order valence-corrected chi connectivity index (χ0v) is 23.3. The average Bonchev–Trinajstić information content (AvgIpc) is 3.23. The van der Waals surface area contributed by atoms with Crippen LogP contribution in [0.4, 0.5) is 5.82 Å². The van der Waals surface area contributed by atoms with E-state index < -0.39 is 49.3 Å². The van der Waals surface area contributed by atoms with Gasteiger partial charge >= 0.3 is 13.7 Å². The van der Waals surface area contributed by atoms with Crippen LogP contribution in [0, 0.1) is 11.3 Å². The van der Waals surface area contributed by atoms with Crippen LogP contribution < -0.4 is 15.3 Å². The van der Waals surface area contributed by atoms with E-state index in [1.807, 2.05) is 6.07 Å². The summed E-state index contributed by atoms with van der Waals surface area (Å²) in [6, 6.07) is 11.7. The van der Waals surface area contributed by atoms with E-state index in [0.717, 1.165) is 0 Å². The fraction of sp³-hybridized carbons (Fsp3) is 0.462. The first-order chi connectivity index (χ1) is 20.1. The molecule has 3 fully saturated rings. The lowest BCUT2D eigenvalue weighted by Crippen LogP contribution is -2.47. The number of rotatable bonds is 9. The summed E-state index contributed by atoms with van der Waals surface area (Å²) in [5.41, 5.74) is -0.508. The maximum absolute atomic E-state index is 14.2. The second-order valence-electron chi connectivity index (χ2n) is 10.4. The Morgan fingerprint density at radius 2 is 2.00 bits per heavy atom. The maximum atomic E-state index is 14.2. The number of ether oxygens (including phenoxy) is 3. The number of aliphatic hydroxyl groups is 2. The van der Waals surface area contributed by atoms with E-state index in [4.69, 9.17) is 29.0 Å². The third-order valence-corrected chi connectivity index (χ3v) is 9.45. The topological polar surface area (TPSA) is 213 Å². The Kier molecular flexibility index (Phi) is 6.98. The summed E-state index contributed by atoms with van der Waals surface area (Å²) in [7, 11) is -4.57. The highest BCUT2D eigenvalue weighted by molar-refractivity contribution is 7.52. The Labute approximate surface area is 239 Å². The van der Waals surface area contributed by atoms with Gasteiger partial charge in [-0.05, 0) is 31.2 Å². The predicted octanol–water partition coefficient (Wildman–Crippen LogP) is 0.809. The van der Waals surface area contributed by atoms with E-state index >= 15 is 0 Å². The van der Waals surface area contributed by atoms with Crippen molar-refractivity contribution in [2.45, 2.75) is 54.8 Å². The van der Waals surface area contributed by atoms with Crippen molar-refractivity contribution in [3.8, 4) is 11.8 Å². The molecular formula is C26H29N6O9P. The quantitative estimate of drug-likeness (QED) is 0.198. The van der Waals surface area contributed by atoms with Crippen molar-refractivity contribution in [1.82, 2.24) is 19.7 Å². The van der Waals surface area contributed by atoms with Crippen molar-refractivity contribution in [3.05, 3.63) is 54.5 Å². The van der Waals surface area contributed by atoms with Crippen LogP contribution in [0.15, 0.2) is 48.8 Å². The van der Waals surface area contributed by atoms with E-state index in [2.05, 4.69) is 15.2 Å². The molecule has 1 aliphatic carbocycles. The Balaban J connectivity index is 1.30. The normalized spacial score (nSPS) is 31.0. The largest absolute Gasteiger partial charge is 0.461 e. The van der Waals surface area contributed by atoms with Gasteiger partial charge in [0.1, 0.15) is 35.8 Å². The van der Waals surface area contributed by atoms with Crippen LogP contribution in [0.1, 0.15) is 25.5 Å². The van der Waals surface area contributed by atoms with Gasteiger partial charge in [0, 0.05) is 12.8 Å². The van der Waals surface area contributed by atoms with Gasteiger partial charge in [-0.15, -0.1) is 0 Å². The molecule has 3 aliphatic rings. The number of nitriles is 1. The van der Waals surface area contributed by atoms with Crippen molar-refractivity contribution in [1.29, 1.82) is 5.26 Å². The molecule has 0 spiro atoms. The first kappa shape index (κ1) is 28.5. The monoisotopic (exact) mass is 600 g/mol. The third-order valence-electron chi connectivity index (χ3n) is 7.81. The number of hydrogen-bond donors (Lipinski definition) is 4. The molecule has 16 heteroatoms. The Morgan fingerprint density at radius 1 is 1.26 bits per heavy atom. The van der Waals surface area contributed by atoms with E-state index in [1.165, 1.54) is 42.0 Å². The van der Waals surface area contributed by atoms with Crippen molar-refractivity contribution in [2.24, 2.45) is 0 Å². The van der Waals surface area contributed by atoms with Gasteiger partial charge in [0.15, 0.2) is 23.1 Å². The number of aromatic nitrogens is 3. The minimum Gasteiger partial charge on any atom is -0.461 e. The standard InChI is InChI=1S/C26H29N6O9P/c1-16(22(33)39-17-9-11-37-12-10-17)31-42(36,40-18-5-3-2-4-6-18)41-23-25(13-27)26(23,35)24(34,14-38-25)20-8-7-19-21(28)29-15-30-32(19)20/h2-8,15-17,23,34-35H,9-12,14H2,1H3,(H,31,36)(H2,28,29,30)/t16-,23?,24+,25+,26-,42+/m0/s1. The van der Waals surface area contributed by atoms with E-state index in [-0.39, 0.29) is 23.4 Å². The molecule has 0 radical (unpaired) electrons. The van der Waals surface area contributed by atoms with Gasteiger partial charge < -0.3 is 34.7 Å². The van der Waals surface area contributed by atoms with Crippen LogP contribution in [0.5, 0.6) is 5.75 Å². The SMILES string of the molecule is C[C@H](N[P@@](=O)(Oc1ccccc1)OC1[C@]2(O)[C@](O)(c3ccc4c(N)ncnn34)CO[C@]12C#N)C(=O)OC1CCOCC1. The second kappa shape index (κ2) is 10.3. The molecule has 2 aliphatic heterocycles. The number of para-hydroxylation sites is 1. The highest BCUT2D eigenvalue weighted by Gasteiger charge is 2.94. The molecule has 1 aromatic carbocycles. The number of hydrogen-bond acceptors (Lipinski definition) is 13. The van der Waals surface area contributed by atoms with Gasteiger partial charge in [-0.3, -0.25) is 9.32 Å². The minimum atomic E-state index is -4.57. The lowest BCUT2D eigenvalue weighted by atomic mass is 9.91. The van der Waals surface area contributed by atoms with Crippen LogP contribution in [-0.2, 0) is 33.7 Å². The fourth-order valence-electron chi connectivity index (χ4n) is 5.49. The lowest BCUT2D eigenvalue weighted by Gasteiger charge is -2.30. The molecule has 2 aromatic heterocycles. The molecule has 2 saturated heterocycles. The summed E-state index contributed by atoms with van der Waals surface area (Å²) in [5.74, 6) is -0.479. The van der Waals surface area contributed by atoms with Crippen LogP contribution in [0.25, 0.3) is 5.52 Å². The molecule has 3 aromatic rings. The number of carbonyl (C=O) groups is 1. The summed E-state index contributed by atoms with van der Waals surface area (Å²) in [6.45, 7) is 1.80. The molecule has 1 saturated carbocycles. The molecule has 15 nitrogen and oxygen atoms in total. The Bertz CT molecular complexity index is 1590. The van der Waals surface area contributed by atoms with Gasteiger partial charge in [0.05, 0.1) is 25.5 Å². The molecule has 0 amide bonds. The first-order valence-corrected chi connectivity index (χ1v) is 14.8. The summed E-state index contributed by atoms with van der Waals surface area (Å²) >= 11 is 0. The zero-order chi connectivity index (χ0) is 29.8. The van der Waals surface area contributed by atoms with Crippen molar-refractivity contribution < 1.29 is 42.8 Å². The number of carbonyl (C=O) groups excluding carboxylic acids is 1. The van der Waals surface area contributed by atoms with E-state index in [1.54, 1.807) is 18.2 Å². The summed E-state index contributed by atoms with van der Waals surface area (Å²) in [4.78, 5) is 16.8. The number of esters is 1. The minimum absolute atomic E-state index is 0.0394. The number of benzene rings is 1. The van der Waals surface area contributed by atoms with Gasteiger partial charge in [0.2, 0.25) is 5.60 Å². The number of nitrogens with one attached hydrogen (secondary N) is 1. The van der Waals surface area contributed by atoms with Crippen molar-refractivity contribution in [3.63, 3.8) is 0 Å². The molecule has 0 bridgehead atoms. The average molecular weight is 601 g/mol. The lowest BCUT2D eigenvalue weighted by molar-refractivity contribution is -0.154. The fourth-order valence-corrected chi connectivity index (χ4v) is 7.20. The van der Waals surface area contributed by atoms with Gasteiger partial charge in [0.25, 0.3) is 0 Å². The highest BCUT2D eigenvalue weighted by Crippen LogP contribution is 2.69. The van der Waals surface area contributed by atoms with Crippen molar-refractivity contribution in [2.75, 3.05) is 25.6 Å². The Hall–Kier alpha value is -3.61. The number of nitrogens with zero attached hydrogens (tertiary/aromatic N) is 4. The van der Waals surface area contributed by atoms with E-state index in [0.29, 0.717) is 31.6 Å². The molecule has 6 atom stereocenters. The number of fused-ring (bicyclic) bond motifs is 2. The molecule has 1 unspecified atom stereocenters. The number of nitrogens with two attached hydrogens (primary N) is 1. The molecule has 5 N–H and O–H groups in total. The second-order valence-corrected chi connectivity index (χ2v) is 12.1.